The van der Waals surface area contributed by atoms with Gasteiger partial charge < -0.3 is 9.80 Å². The van der Waals surface area contributed by atoms with E-state index in [2.05, 4.69) is 0 Å². The minimum absolute atomic E-state index is 0.246. The lowest BCUT2D eigenvalue weighted by molar-refractivity contribution is -0.138. The Morgan fingerprint density at radius 1 is 0.941 bits per heavy atom. The Morgan fingerprint density at radius 2 is 1.59 bits per heavy atom. The Hall–Kier alpha value is -3.36. The van der Waals surface area contributed by atoms with Crippen molar-refractivity contribution in [1.82, 2.24) is 9.80 Å². The maximum atomic E-state index is 13.3. The zero-order chi connectivity index (χ0) is 24.6. The molecule has 9 heteroatoms. The Labute approximate surface area is 195 Å². The Bertz CT molecular complexity index is 1120. The van der Waals surface area contributed by atoms with Gasteiger partial charge >= 0.3 is 6.18 Å². The number of benzene rings is 2. The van der Waals surface area contributed by atoms with Crippen LogP contribution in [0.2, 0.25) is 0 Å². The van der Waals surface area contributed by atoms with Crippen molar-refractivity contribution in [3.63, 3.8) is 0 Å². The van der Waals surface area contributed by atoms with Crippen LogP contribution in [0.3, 0.4) is 0 Å². The molecule has 6 nitrogen and oxygen atoms in total. The molecule has 0 aliphatic carbocycles. The smallest absolute Gasteiger partial charge is 0.368 e. The van der Waals surface area contributed by atoms with E-state index in [0.29, 0.717) is 36.7 Å². The normalized spacial score (nSPS) is 16.5. The summed E-state index contributed by atoms with van der Waals surface area (Å²) in [6.07, 6.45) is -3.88. The molecule has 34 heavy (non-hydrogen) atoms. The maximum Gasteiger partial charge on any atom is 0.417 e. The molecule has 0 saturated carbocycles. The second-order valence-electron chi connectivity index (χ2n) is 9.00. The zero-order valence-electron chi connectivity index (χ0n) is 19.1. The van der Waals surface area contributed by atoms with Crippen molar-refractivity contribution in [2.24, 2.45) is 5.92 Å². The SMILES string of the molecule is CC(C)CCN1C(=O)c2ccc(N3CCN(C(=O)c4ccccc4C(F)(F)F)CC3)cc2C1=O. The van der Waals surface area contributed by atoms with E-state index in [1.54, 1.807) is 18.2 Å². The van der Waals surface area contributed by atoms with Gasteiger partial charge in [-0.05, 0) is 42.7 Å². The summed E-state index contributed by atoms with van der Waals surface area (Å²) >= 11 is 0. The monoisotopic (exact) mass is 473 g/mol. The van der Waals surface area contributed by atoms with Crippen LogP contribution in [0.25, 0.3) is 0 Å². The Kier molecular flexibility index (Phi) is 6.38. The molecule has 4 rings (SSSR count). The number of hydrogen-bond acceptors (Lipinski definition) is 4. The van der Waals surface area contributed by atoms with Gasteiger partial charge in [0.1, 0.15) is 0 Å². The fraction of sp³-hybridized carbons (Fsp3) is 0.400. The number of fused-ring (bicyclic) bond motifs is 1. The van der Waals surface area contributed by atoms with Gasteiger partial charge in [0.15, 0.2) is 0 Å². The second-order valence-corrected chi connectivity index (χ2v) is 9.00. The maximum absolute atomic E-state index is 13.3. The molecule has 2 aliphatic rings. The lowest BCUT2D eigenvalue weighted by Crippen LogP contribution is -2.49. The van der Waals surface area contributed by atoms with Crippen molar-refractivity contribution in [3.05, 3.63) is 64.7 Å². The van der Waals surface area contributed by atoms with Gasteiger partial charge in [0.25, 0.3) is 17.7 Å². The standard InChI is InChI=1S/C25H26F3N3O3/c1-16(2)9-10-31-23(33)18-8-7-17(15-20(18)24(31)34)29-11-13-30(14-12-29)22(32)19-5-3-4-6-21(19)25(26,27)28/h3-8,15-16H,9-14H2,1-2H3. The average Bonchev–Trinajstić information content (AvgIpc) is 3.05. The number of rotatable bonds is 5. The number of nitrogens with zero attached hydrogens (tertiary/aromatic N) is 3. The van der Waals surface area contributed by atoms with E-state index in [-0.39, 0.29) is 30.5 Å². The molecule has 2 aliphatic heterocycles. The van der Waals surface area contributed by atoms with Crippen molar-refractivity contribution in [2.75, 3.05) is 37.6 Å². The Morgan fingerprint density at radius 3 is 2.24 bits per heavy atom. The number of halogens is 3. The third-order valence-corrected chi connectivity index (χ3v) is 6.28. The van der Waals surface area contributed by atoms with Crippen LogP contribution in [0.5, 0.6) is 0 Å². The second kappa shape index (κ2) is 9.12. The molecule has 0 radical (unpaired) electrons. The predicted molar refractivity (Wildman–Crippen MR) is 121 cm³/mol. The fourth-order valence-electron chi connectivity index (χ4n) is 4.32. The van der Waals surface area contributed by atoms with E-state index in [0.717, 1.165) is 18.2 Å². The van der Waals surface area contributed by atoms with Gasteiger partial charge in [0.2, 0.25) is 0 Å². The summed E-state index contributed by atoms with van der Waals surface area (Å²) < 4.78 is 39.9. The number of anilines is 1. The first-order valence-corrected chi connectivity index (χ1v) is 11.3. The molecule has 2 aromatic carbocycles. The van der Waals surface area contributed by atoms with Gasteiger partial charge in [-0.25, -0.2) is 0 Å². The van der Waals surface area contributed by atoms with E-state index in [9.17, 15) is 27.6 Å². The van der Waals surface area contributed by atoms with E-state index in [1.807, 2.05) is 18.7 Å². The number of alkyl halides is 3. The molecule has 0 N–H and O–H groups in total. The van der Waals surface area contributed by atoms with Gasteiger partial charge in [-0.1, -0.05) is 26.0 Å². The molecular weight excluding hydrogens is 447 g/mol. The van der Waals surface area contributed by atoms with Crippen molar-refractivity contribution in [2.45, 2.75) is 26.4 Å². The first-order chi connectivity index (χ1) is 16.1. The van der Waals surface area contributed by atoms with E-state index in [4.69, 9.17) is 0 Å². The van der Waals surface area contributed by atoms with Crippen LogP contribution >= 0.6 is 0 Å². The molecule has 0 spiro atoms. The lowest BCUT2D eigenvalue weighted by Gasteiger charge is -2.36. The summed E-state index contributed by atoms with van der Waals surface area (Å²) in [6.45, 7) is 5.73. The fourth-order valence-corrected chi connectivity index (χ4v) is 4.32. The highest BCUT2D eigenvalue weighted by atomic mass is 19.4. The number of carbonyl (C=O) groups is 3. The highest BCUT2D eigenvalue weighted by molar-refractivity contribution is 6.21. The predicted octanol–water partition coefficient (Wildman–Crippen LogP) is 4.31. The summed E-state index contributed by atoms with van der Waals surface area (Å²) in [5.41, 5.74) is 0.199. The van der Waals surface area contributed by atoms with Crippen LogP contribution < -0.4 is 4.90 Å². The van der Waals surface area contributed by atoms with Crippen molar-refractivity contribution in [1.29, 1.82) is 0 Å². The van der Waals surface area contributed by atoms with E-state index >= 15 is 0 Å². The Balaban J connectivity index is 1.45. The highest BCUT2D eigenvalue weighted by Crippen LogP contribution is 2.33. The first-order valence-electron chi connectivity index (χ1n) is 11.3. The van der Waals surface area contributed by atoms with E-state index in [1.165, 1.54) is 28.0 Å². The van der Waals surface area contributed by atoms with Gasteiger partial charge in [-0.15, -0.1) is 0 Å². The molecular formula is C25H26F3N3O3. The summed E-state index contributed by atoms with van der Waals surface area (Å²) in [5, 5.41) is 0. The van der Waals surface area contributed by atoms with Gasteiger partial charge in [-0.3, -0.25) is 19.3 Å². The number of imide groups is 1. The van der Waals surface area contributed by atoms with E-state index < -0.39 is 17.6 Å². The summed E-state index contributed by atoms with van der Waals surface area (Å²) in [4.78, 5) is 42.9. The lowest BCUT2D eigenvalue weighted by atomic mass is 10.0. The van der Waals surface area contributed by atoms with Crippen LogP contribution in [0.4, 0.5) is 18.9 Å². The molecule has 180 valence electrons. The van der Waals surface area contributed by atoms with Crippen molar-refractivity contribution in [3.8, 4) is 0 Å². The highest BCUT2D eigenvalue weighted by Gasteiger charge is 2.37. The summed E-state index contributed by atoms with van der Waals surface area (Å²) in [5.74, 6) is -0.879. The van der Waals surface area contributed by atoms with Crippen LogP contribution in [-0.2, 0) is 6.18 Å². The number of carbonyl (C=O) groups excluding carboxylic acids is 3. The number of hydrogen-bond donors (Lipinski definition) is 0. The third-order valence-electron chi connectivity index (χ3n) is 6.28. The zero-order valence-corrected chi connectivity index (χ0v) is 19.1. The minimum atomic E-state index is -4.61. The van der Waals surface area contributed by atoms with Gasteiger partial charge in [-0.2, -0.15) is 13.2 Å². The van der Waals surface area contributed by atoms with Crippen LogP contribution in [0, 0.1) is 5.92 Å². The quantitative estimate of drug-likeness (QED) is 0.608. The van der Waals surface area contributed by atoms with Gasteiger partial charge in [0, 0.05) is 38.4 Å². The van der Waals surface area contributed by atoms with Crippen molar-refractivity contribution < 1.29 is 27.6 Å². The first kappa shape index (κ1) is 23.8. The molecule has 1 fully saturated rings. The van der Waals surface area contributed by atoms with Crippen LogP contribution in [0.15, 0.2) is 42.5 Å². The van der Waals surface area contributed by atoms with Gasteiger partial charge in [0.05, 0.1) is 22.3 Å². The van der Waals surface area contributed by atoms with Crippen LogP contribution in [0.1, 0.15) is 56.9 Å². The number of piperazine rings is 1. The molecule has 1 saturated heterocycles. The number of amides is 3. The largest absolute Gasteiger partial charge is 0.417 e. The molecule has 0 bridgehead atoms. The average molecular weight is 473 g/mol. The molecule has 2 heterocycles. The topological polar surface area (TPSA) is 60.9 Å². The minimum Gasteiger partial charge on any atom is -0.368 e. The summed E-state index contributed by atoms with van der Waals surface area (Å²) in [7, 11) is 0. The molecule has 3 amide bonds. The molecule has 2 aromatic rings. The molecule has 0 atom stereocenters. The van der Waals surface area contributed by atoms with Crippen molar-refractivity contribution >= 4 is 23.4 Å². The van der Waals surface area contributed by atoms with Crippen LogP contribution in [-0.4, -0.2) is 60.2 Å². The molecule has 0 aromatic heterocycles. The molecule has 0 unspecified atom stereocenters. The summed E-state index contributed by atoms with van der Waals surface area (Å²) in [6, 6.07) is 9.92. The third kappa shape index (κ3) is 4.51.